The molecule has 6 heteroatoms. The van der Waals surface area contributed by atoms with E-state index in [0.717, 1.165) is 0 Å². The van der Waals surface area contributed by atoms with Gasteiger partial charge in [-0.25, -0.2) is 0 Å². The van der Waals surface area contributed by atoms with Crippen molar-refractivity contribution in [1.29, 1.82) is 0 Å². The average molecular weight is 328 g/mol. The Morgan fingerprint density at radius 3 is 2.05 bits per heavy atom. The first-order valence-corrected chi connectivity index (χ1v) is 7.01. The van der Waals surface area contributed by atoms with Crippen LogP contribution in [0.15, 0.2) is 30.3 Å². The van der Waals surface area contributed by atoms with Crippen LogP contribution in [0.3, 0.4) is 0 Å². The zero-order valence-corrected chi connectivity index (χ0v) is 14.6. The van der Waals surface area contributed by atoms with Gasteiger partial charge < -0.3 is 16.4 Å². The van der Waals surface area contributed by atoms with Crippen LogP contribution in [0.25, 0.3) is 0 Å². The third kappa shape index (κ3) is 5.66. The highest BCUT2D eigenvalue weighted by molar-refractivity contribution is 5.92. The number of nitrogens with two attached hydrogens (primary N) is 1. The van der Waals surface area contributed by atoms with Crippen LogP contribution in [0.2, 0.25) is 0 Å². The summed E-state index contributed by atoms with van der Waals surface area (Å²) in [5, 5.41) is 5.49. The summed E-state index contributed by atoms with van der Waals surface area (Å²) >= 11 is 0. The molecule has 2 atom stereocenters. The largest absolute Gasteiger partial charge is 0.350 e. The molecule has 2 unspecified atom stereocenters. The molecular weight excluding hydrogens is 302 g/mol. The maximum absolute atomic E-state index is 12.3. The first kappa shape index (κ1) is 20.4. The second-order valence-corrected chi connectivity index (χ2v) is 6.50. The fraction of sp³-hybridized carbons (Fsp3) is 0.500. The van der Waals surface area contributed by atoms with Crippen LogP contribution >= 0.6 is 12.4 Å². The van der Waals surface area contributed by atoms with Gasteiger partial charge in [0, 0.05) is 5.54 Å². The predicted molar refractivity (Wildman–Crippen MR) is 90.7 cm³/mol. The molecule has 0 aliphatic rings. The minimum atomic E-state index is -1.18. The van der Waals surface area contributed by atoms with Gasteiger partial charge in [-0.05, 0) is 40.2 Å². The van der Waals surface area contributed by atoms with Crippen molar-refractivity contribution in [1.82, 2.24) is 10.6 Å². The fourth-order valence-corrected chi connectivity index (χ4v) is 1.81. The molecule has 124 valence electrons. The third-order valence-corrected chi connectivity index (χ3v) is 3.08. The number of carbonyl (C=O) groups excluding carboxylic acids is 2. The summed E-state index contributed by atoms with van der Waals surface area (Å²) in [6.45, 7) is 8.93. The molecular formula is C16H26ClN3O2. The summed E-state index contributed by atoms with van der Waals surface area (Å²) in [6.07, 6.45) is 0. The number of rotatable bonds is 4. The van der Waals surface area contributed by atoms with Gasteiger partial charge in [-0.15, -0.1) is 12.4 Å². The van der Waals surface area contributed by atoms with Crippen LogP contribution in [0.4, 0.5) is 0 Å². The molecule has 0 bridgehead atoms. The molecule has 0 aliphatic carbocycles. The van der Waals surface area contributed by atoms with E-state index < -0.39 is 11.6 Å². The fourth-order valence-electron chi connectivity index (χ4n) is 1.81. The molecule has 0 aromatic heterocycles. The molecule has 0 fully saturated rings. The summed E-state index contributed by atoms with van der Waals surface area (Å²) in [7, 11) is 0. The Morgan fingerprint density at radius 2 is 1.59 bits per heavy atom. The molecule has 0 saturated carbocycles. The van der Waals surface area contributed by atoms with Crippen molar-refractivity contribution in [3.05, 3.63) is 35.9 Å². The van der Waals surface area contributed by atoms with Crippen molar-refractivity contribution < 1.29 is 9.59 Å². The van der Waals surface area contributed by atoms with E-state index in [2.05, 4.69) is 10.6 Å². The molecule has 4 N–H and O–H groups in total. The van der Waals surface area contributed by atoms with E-state index in [9.17, 15) is 9.59 Å². The lowest BCUT2D eigenvalue weighted by atomic mass is 9.92. The van der Waals surface area contributed by atoms with E-state index in [4.69, 9.17) is 5.73 Å². The number of halogens is 1. The van der Waals surface area contributed by atoms with Crippen molar-refractivity contribution in [3.8, 4) is 0 Å². The number of amides is 2. The van der Waals surface area contributed by atoms with Gasteiger partial charge in [0.15, 0.2) is 0 Å². The second kappa shape index (κ2) is 7.61. The highest BCUT2D eigenvalue weighted by Gasteiger charge is 2.32. The Bertz CT molecular complexity index is 510. The minimum absolute atomic E-state index is 0. The first-order chi connectivity index (χ1) is 9.54. The van der Waals surface area contributed by atoms with Crippen LogP contribution in [-0.2, 0) is 15.1 Å². The Hall–Kier alpha value is -1.59. The summed E-state index contributed by atoms with van der Waals surface area (Å²) < 4.78 is 0. The molecule has 0 radical (unpaired) electrons. The van der Waals surface area contributed by atoms with Gasteiger partial charge in [0.2, 0.25) is 11.8 Å². The van der Waals surface area contributed by atoms with Crippen molar-refractivity contribution in [2.24, 2.45) is 5.73 Å². The predicted octanol–water partition coefficient (Wildman–Crippen LogP) is 1.70. The zero-order chi connectivity index (χ0) is 16.3. The number of nitrogens with one attached hydrogen (secondary N) is 2. The number of hydrogen-bond donors (Lipinski definition) is 3. The zero-order valence-electron chi connectivity index (χ0n) is 13.8. The van der Waals surface area contributed by atoms with Crippen LogP contribution in [0.1, 0.15) is 40.2 Å². The Balaban J connectivity index is 0.00000441. The molecule has 0 saturated heterocycles. The lowest BCUT2D eigenvalue weighted by Crippen LogP contribution is -2.56. The molecule has 1 rings (SSSR count). The summed E-state index contributed by atoms with van der Waals surface area (Å²) in [5.41, 5.74) is 5.28. The third-order valence-electron chi connectivity index (χ3n) is 3.08. The second-order valence-electron chi connectivity index (χ2n) is 6.50. The van der Waals surface area contributed by atoms with Crippen molar-refractivity contribution in [2.45, 2.75) is 51.7 Å². The normalized spacial score (nSPS) is 15.0. The molecule has 5 nitrogen and oxygen atoms in total. The standard InChI is InChI=1S/C16H25N3O2.ClH/c1-11(13(20)19-15(2,3)4)18-14(21)16(5,17)12-9-7-6-8-10-12;/h6-11H,17H2,1-5H3,(H,18,21)(H,19,20);1H. The van der Waals surface area contributed by atoms with Crippen LogP contribution < -0.4 is 16.4 Å². The Labute approximate surface area is 138 Å². The van der Waals surface area contributed by atoms with Crippen LogP contribution in [0, 0.1) is 0 Å². The minimum Gasteiger partial charge on any atom is -0.350 e. The maximum Gasteiger partial charge on any atom is 0.245 e. The summed E-state index contributed by atoms with van der Waals surface area (Å²) in [5.74, 6) is -0.620. The summed E-state index contributed by atoms with van der Waals surface area (Å²) in [6, 6.07) is 8.44. The van der Waals surface area contributed by atoms with E-state index in [1.165, 1.54) is 0 Å². The van der Waals surface area contributed by atoms with Crippen molar-refractivity contribution in [3.63, 3.8) is 0 Å². The van der Waals surface area contributed by atoms with Gasteiger partial charge >= 0.3 is 0 Å². The highest BCUT2D eigenvalue weighted by atomic mass is 35.5. The van der Waals surface area contributed by atoms with E-state index >= 15 is 0 Å². The van der Waals surface area contributed by atoms with Crippen LogP contribution in [0.5, 0.6) is 0 Å². The van der Waals surface area contributed by atoms with Gasteiger partial charge in [0.25, 0.3) is 0 Å². The van der Waals surface area contributed by atoms with Gasteiger partial charge in [-0.2, -0.15) is 0 Å². The topological polar surface area (TPSA) is 84.2 Å². The molecule has 0 spiro atoms. The average Bonchev–Trinajstić information content (AvgIpc) is 2.37. The maximum atomic E-state index is 12.3. The Kier molecular flexibility index (Phi) is 7.06. The van der Waals surface area contributed by atoms with Gasteiger partial charge in [-0.3, -0.25) is 9.59 Å². The van der Waals surface area contributed by atoms with Gasteiger partial charge in [-0.1, -0.05) is 30.3 Å². The molecule has 22 heavy (non-hydrogen) atoms. The number of benzene rings is 1. The van der Waals surface area contributed by atoms with E-state index in [-0.39, 0.29) is 29.8 Å². The Morgan fingerprint density at radius 1 is 1.09 bits per heavy atom. The molecule has 2 amide bonds. The van der Waals surface area contributed by atoms with Gasteiger partial charge in [0.1, 0.15) is 11.6 Å². The van der Waals surface area contributed by atoms with Crippen molar-refractivity contribution >= 4 is 24.2 Å². The molecule has 1 aromatic carbocycles. The SMILES string of the molecule is CC(NC(=O)C(C)(N)c1ccccc1)C(=O)NC(C)(C)C.Cl. The quantitative estimate of drug-likeness (QED) is 0.787. The van der Waals surface area contributed by atoms with E-state index in [0.29, 0.717) is 5.56 Å². The van der Waals surface area contributed by atoms with E-state index in [1.807, 2.05) is 39.0 Å². The van der Waals surface area contributed by atoms with Crippen LogP contribution in [-0.4, -0.2) is 23.4 Å². The molecule has 1 aromatic rings. The lowest BCUT2D eigenvalue weighted by molar-refractivity contribution is -0.132. The highest BCUT2D eigenvalue weighted by Crippen LogP contribution is 2.17. The molecule has 0 aliphatic heterocycles. The van der Waals surface area contributed by atoms with Gasteiger partial charge in [0.05, 0.1) is 0 Å². The van der Waals surface area contributed by atoms with Crippen molar-refractivity contribution in [2.75, 3.05) is 0 Å². The first-order valence-electron chi connectivity index (χ1n) is 7.01. The monoisotopic (exact) mass is 327 g/mol. The summed E-state index contributed by atoms with van der Waals surface area (Å²) in [4.78, 5) is 24.3. The van der Waals surface area contributed by atoms with E-state index in [1.54, 1.807) is 26.0 Å². The lowest BCUT2D eigenvalue weighted by Gasteiger charge is -2.28. The molecule has 0 heterocycles. The smallest absolute Gasteiger partial charge is 0.245 e. The number of carbonyl (C=O) groups is 2. The number of hydrogen-bond acceptors (Lipinski definition) is 3.